The fourth-order valence-electron chi connectivity index (χ4n) is 3.51. The Morgan fingerprint density at radius 1 is 0.688 bits per heavy atom. The predicted octanol–water partition coefficient (Wildman–Crippen LogP) is 7.26. The van der Waals surface area contributed by atoms with Gasteiger partial charge in [0, 0.05) is 5.56 Å². The van der Waals surface area contributed by atoms with E-state index in [9.17, 15) is 14.0 Å². The number of carbonyl (C=O) groups is 2. The number of hydrogen-bond acceptors (Lipinski definition) is 4. The fourth-order valence-corrected chi connectivity index (χ4v) is 3.51. The molecule has 4 nitrogen and oxygen atoms in total. The Labute approximate surface area is 191 Å². The Hall–Kier alpha value is -2.69. The number of hydrogen-bond donors (Lipinski definition) is 0. The first kappa shape index (κ1) is 25.6. The zero-order valence-corrected chi connectivity index (χ0v) is 19.1. The van der Waals surface area contributed by atoms with Gasteiger partial charge < -0.3 is 9.47 Å². The summed E-state index contributed by atoms with van der Waals surface area (Å²) in [6.45, 7) is 2.35. The van der Waals surface area contributed by atoms with Crippen molar-refractivity contribution in [2.75, 3.05) is 6.61 Å². The van der Waals surface area contributed by atoms with Crippen molar-refractivity contribution < 1.29 is 23.5 Å². The van der Waals surface area contributed by atoms with Crippen LogP contribution in [0.2, 0.25) is 0 Å². The van der Waals surface area contributed by atoms with Gasteiger partial charge in [-0.3, -0.25) is 0 Å². The molecule has 0 aliphatic heterocycles. The van der Waals surface area contributed by atoms with E-state index in [1.807, 2.05) is 0 Å². The quantitative estimate of drug-likeness (QED) is 0.215. The standard InChI is InChI=1S/C27H35FO4/c1-2-3-4-5-6-7-8-9-10-15-20-31-26(29)23-17-12-13-18-24(23)27(30)32-21-22-16-11-14-19-25(22)28/h11-14,16-19H,2-10,15,20-21H2,1H3. The fraction of sp³-hybridized carbons (Fsp3) is 0.481. The maximum Gasteiger partial charge on any atom is 0.339 e. The zero-order valence-electron chi connectivity index (χ0n) is 19.1. The molecule has 2 aromatic rings. The lowest BCUT2D eigenvalue weighted by atomic mass is 10.1. The SMILES string of the molecule is CCCCCCCCCCCCOC(=O)c1ccccc1C(=O)OCc1ccccc1F. The molecule has 0 bridgehead atoms. The smallest absolute Gasteiger partial charge is 0.339 e. The monoisotopic (exact) mass is 442 g/mol. The van der Waals surface area contributed by atoms with Gasteiger partial charge in [-0.15, -0.1) is 0 Å². The average molecular weight is 443 g/mol. The first-order chi connectivity index (χ1) is 15.6. The number of unbranched alkanes of at least 4 members (excludes halogenated alkanes) is 9. The highest BCUT2D eigenvalue weighted by Crippen LogP contribution is 2.15. The van der Waals surface area contributed by atoms with Crippen molar-refractivity contribution in [3.05, 3.63) is 71.0 Å². The van der Waals surface area contributed by atoms with Crippen LogP contribution in [0.15, 0.2) is 48.5 Å². The molecule has 0 radical (unpaired) electrons. The van der Waals surface area contributed by atoms with Crippen molar-refractivity contribution in [2.45, 2.75) is 77.7 Å². The predicted molar refractivity (Wildman–Crippen MR) is 124 cm³/mol. The summed E-state index contributed by atoms with van der Waals surface area (Å²) >= 11 is 0. The average Bonchev–Trinajstić information content (AvgIpc) is 2.81. The second-order valence-electron chi connectivity index (χ2n) is 8.03. The van der Waals surface area contributed by atoms with Crippen LogP contribution in [0, 0.1) is 5.82 Å². The minimum atomic E-state index is -0.681. The third-order valence-electron chi connectivity index (χ3n) is 5.41. The summed E-state index contributed by atoms with van der Waals surface area (Å²) in [5.74, 6) is -1.66. The van der Waals surface area contributed by atoms with Gasteiger partial charge in [-0.1, -0.05) is 95.0 Å². The van der Waals surface area contributed by atoms with Crippen molar-refractivity contribution in [1.29, 1.82) is 0 Å². The van der Waals surface area contributed by atoms with Crippen molar-refractivity contribution in [2.24, 2.45) is 0 Å². The Bertz CT molecular complexity index is 834. The number of esters is 2. The number of carbonyl (C=O) groups excluding carboxylic acids is 2. The molecule has 0 amide bonds. The van der Waals surface area contributed by atoms with Crippen molar-refractivity contribution in [1.82, 2.24) is 0 Å². The molecule has 0 saturated heterocycles. The second kappa shape index (κ2) is 15.2. The van der Waals surface area contributed by atoms with Crippen molar-refractivity contribution >= 4 is 11.9 Å². The first-order valence-corrected chi connectivity index (χ1v) is 11.8. The van der Waals surface area contributed by atoms with E-state index in [1.54, 1.807) is 36.4 Å². The van der Waals surface area contributed by atoms with Crippen LogP contribution in [-0.4, -0.2) is 18.5 Å². The second-order valence-corrected chi connectivity index (χ2v) is 8.03. The van der Waals surface area contributed by atoms with Gasteiger partial charge in [0.25, 0.3) is 0 Å². The summed E-state index contributed by atoms with van der Waals surface area (Å²) < 4.78 is 24.3. The molecule has 0 aromatic heterocycles. The van der Waals surface area contributed by atoms with Gasteiger partial charge in [0.05, 0.1) is 17.7 Å². The van der Waals surface area contributed by atoms with Gasteiger partial charge in [-0.25, -0.2) is 14.0 Å². The van der Waals surface area contributed by atoms with Crippen molar-refractivity contribution in [3.8, 4) is 0 Å². The largest absolute Gasteiger partial charge is 0.462 e. The molecule has 0 unspecified atom stereocenters. The molecule has 0 atom stereocenters. The summed E-state index contributed by atoms with van der Waals surface area (Å²) in [5, 5.41) is 0. The minimum Gasteiger partial charge on any atom is -0.462 e. The van der Waals surface area contributed by atoms with E-state index in [-0.39, 0.29) is 23.3 Å². The van der Waals surface area contributed by atoms with E-state index in [2.05, 4.69) is 6.92 Å². The van der Waals surface area contributed by atoms with E-state index in [1.165, 1.54) is 57.1 Å². The van der Waals surface area contributed by atoms with E-state index >= 15 is 0 Å². The molecule has 0 saturated carbocycles. The number of ether oxygens (including phenoxy) is 2. The number of halogens is 1. The van der Waals surface area contributed by atoms with Crippen LogP contribution in [-0.2, 0) is 16.1 Å². The summed E-state index contributed by atoms with van der Waals surface area (Å²) in [5.41, 5.74) is 0.567. The van der Waals surface area contributed by atoms with Gasteiger partial charge in [-0.05, 0) is 24.6 Å². The molecule has 5 heteroatoms. The molecule has 2 aromatic carbocycles. The summed E-state index contributed by atoms with van der Waals surface area (Å²) in [7, 11) is 0. The van der Waals surface area contributed by atoms with Gasteiger partial charge in [-0.2, -0.15) is 0 Å². The lowest BCUT2D eigenvalue weighted by Crippen LogP contribution is -2.14. The molecule has 32 heavy (non-hydrogen) atoms. The summed E-state index contributed by atoms with van der Waals surface area (Å²) in [6, 6.07) is 12.5. The van der Waals surface area contributed by atoms with Gasteiger partial charge in [0.15, 0.2) is 0 Å². The maximum absolute atomic E-state index is 13.7. The highest BCUT2D eigenvalue weighted by molar-refractivity contribution is 6.03. The Morgan fingerprint density at radius 2 is 1.19 bits per heavy atom. The Balaban J connectivity index is 1.70. The summed E-state index contributed by atoms with van der Waals surface area (Å²) in [6.07, 6.45) is 12.0. The van der Waals surface area contributed by atoms with Crippen LogP contribution in [0.4, 0.5) is 4.39 Å². The van der Waals surface area contributed by atoms with Crippen molar-refractivity contribution in [3.63, 3.8) is 0 Å². The van der Waals surface area contributed by atoms with Crippen LogP contribution < -0.4 is 0 Å². The lowest BCUT2D eigenvalue weighted by Gasteiger charge is -2.10. The normalized spacial score (nSPS) is 10.7. The highest BCUT2D eigenvalue weighted by Gasteiger charge is 2.19. The van der Waals surface area contributed by atoms with Crippen LogP contribution in [0.1, 0.15) is 97.4 Å². The highest BCUT2D eigenvalue weighted by atomic mass is 19.1. The third-order valence-corrected chi connectivity index (χ3v) is 5.41. The molecule has 0 spiro atoms. The Morgan fingerprint density at radius 3 is 1.78 bits per heavy atom. The molecule has 0 heterocycles. The first-order valence-electron chi connectivity index (χ1n) is 11.8. The van der Waals surface area contributed by atoms with Gasteiger partial charge >= 0.3 is 11.9 Å². The van der Waals surface area contributed by atoms with Gasteiger partial charge in [0.2, 0.25) is 0 Å². The molecule has 174 valence electrons. The lowest BCUT2D eigenvalue weighted by molar-refractivity contribution is 0.0433. The van der Waals surface area contributed by atoms with Crippen LogP contribution in [0.25, 0.3) is 0 Å². The molecule has 2 rings (SSSR count). The molecule has 0 N–H and O–H groups in total. The molecule has 0 fully saturated rings. The topological polar surface area (TPSA) is 52.6 Å². The van der Waals surface area contributed by atoms with Gasteiger partial charge in [0.1, 0.15) is 12.4 Å². The maximum atomic E-state index is 13.7. The molecule has 0 aliphatic carbocycles. The number of rotatable bonds is 15. The number of benzene rings is 2. The third kappa shape index (κ3) is 9.21. The molecule has 0 aliphatic rings. The van der Waals surface area contributed by atoms with E-state index in [0.29, 0.717) is 6.61 Å². The zero-order chi connectivity index (χ0) is 23.0. The summed E-state index contributed by atoms with van der Waals surface area (Å²) in [4.78, 5) is 24.9. The van der Waals surface area contributed by atoms with E-state index in [0.717, 1.165) is 19.3 Å². The van der Waals surface area contributed by atoms with Crippen LogP contribution >= 0.6 is 0 Å². The molecular formula is C27H35FO4. The minimum absolute atomic E-state index is 0.122. The van der Waals surface area contributed by atoms with E-state index in [4.69, 9.17) is 9.47 Å². The molecular weight excluding hydrogens is 407 g/mol. The van der Waals surface area contributed by atoms with Crippen LogP contribution in [0.3, 0.4) is 0 Å². The van der Waals surface area contributed by atoms with Crippen LogP contribution in [0.5, 0.6) is 0 Å². The van der Waals surface area contributed by atoms with E-state index < -0.39 is 17.8 Å². The Kier molecular flexibility index (Phi) is 12.1.